The molecule has 3 heterocycles. The first-order chi connectivity index (χ1) is 13.8. The third-order valence-corrected chi connectivity index (χ3v) is 7.21. The van der Waals surface area contributed by atoms with Gasteiger partial charge in [-0.05, 0) is 38.1 Å². The van der Waals surface area contributed by atoms with Gasteiger partial charge in [-0.25, -0.2) is 13.1 Å². The molecule has 11 heteroatoms. The van der Waals surface area contributed by atoms with E-state index in [2.05, 4.69) is 10.3 Å². The van der Waals surface area contributed by atoms with E-state index in [-0.39, 0.29) is 22.6 Å². The molecule has 1 saturated heterocycles. The zero-order chi connectivity index (χ0) is 20.8. The molecule has 1 fully saturated rings. The molecule has 9 nitrogen and oxygen atoms in total. The Bertz CT molecular complexity index is 1210. The van der Waals surface area contributed by atoms with E-state index < -0.39 is 10.0 Å². The van der Waals surface area contributed by atoms with Gasteiger partial charge in [0.25, 0.3) is 5.56 Å². The van der Waals surface area contributed by atoms with Crippen molar-refractivity contribution in [2.24, 2.45) is 0 Å². The topological polar surface area (TPSA) is 102 Å². The second-order valence-corrected chi connectivity index (χ2v) is 9.34. The highest BCUT2D eigenvalue weighted by atomic mass is 35.5. The van der Waals surface area contributed by atoms with Crippen molar-refractivity contribution < 1.29 is 12.9 Å². The molecule has 4 rings (SSSR count). The minimum absolute atomic E-state index is 0.218. The lowest BCUT2D eigenvalue weighted by molar-refractivity contribution is 0.143. The fourth-order valence-corrected chi connectivity index (χ4v) is 5.04. The van der Waals surface area contributed by atoms with Gasteiger partial charge in [-0.2, -0.15) is 9.40 Å². The van der Waals surface area contributed by atoms with E-state index in [0.29, 0.717) is 48.0 Å². The molecule has 3 aromatic rings. The molecule has 0 aliphatic carbocycles. The standard InChI is InChI=1S/C18H20ClN5O4S/c1-12-16-13(2)28-21-17(16)18(25)24(20-12)11-22-7-9-23(10-8-22)29(26,27)15-5-3-14(19)4-6-15/h3-6H,7-11H2,1-2H3. The number of nitrogens with zero attached hydrogens (tertiary/aromatic N) is 5. The van der Waals surface area contributed by atoms with Crippen molar-refractivity contribution in [2.45, 2.75) is 25.4 Å². The van der Waals surface area contributed by atoms with E-state index in [9.17, 15) is 13.2 Å². The highest BCUT2D eigenvalue weighted by Gasteiger charge is 2.29. The molecule has 1 aliphatic heterocycles. The van der Waals surface area contributed by atoms with Gasteiger partial charge in [0.2, 0.25) is 10.0 Å². The number of hydrogen-bond donors (Lipinski definition) is 0. The van der Waals surface area contributed by atoms with Gasteiger partial charge in [-0.15, -0.1) is 0 Å². The van der Waals surface area contributed by atoms with Crippen molar-refractivity contribution >= 4 is 32.5 Å². The number of fused-ring (bicyclic) bond motifs is 1. The summed E-state index contributed by atoms with van der Waals surface area (Å²) in [5.41, 5.74) is 0.611. The molecule has 0 bridgehead atoms. The minimum atomic E-state index is -3.57. The van der Waals surface area contributed by atoms with Crippen molar-refractivity contribution in [3.63, 3.8) is 0 Å². The maximum absolute atomic E-state index is 12.8. The van der Waals surface area contributed by atoms with Crippen molar-refractivity contribution in [3.8, 4) is 0 Å². The number of halogens is 1. The Morgan fingerprint density at radius 3 is 2.41 bits per heavy atom. The molecule has 0 unspecified atom stereocenters. The summed E-state index contributed by atoms with van der Waals surface area (Å²) in [4.78, 5) is 14.8. The molecular weight excluding hydrogens is 418 g/mol. The fraction of sp³-hybridized carbons (Fsp3) is 0.389. The Morgan fingerprint density at radius 1 is 1.10 bits per heavy atom. The highest BCUT2D eigenvalue weighted by molar-refractivity contribution is 7.89. The Morgan fingerprint density at radius 2 is 1.76 bits per heavy atom. The van der Waals surface area contributed by atoms with Gasteiger partial charge in [0.15, 0.2) is 5.52 Å². The molecular formula is C18H20ClN5O4S. The monoisotopic (exact) mass is 437 g/mol. The predicted molar refractivity (Wildman–Crippen MR) is 107 cm³/mol. The normalized spacial score (nSPS) is 16.5. The summed E-state index contributed by atoms with van der Waals surface area (Å²) in [7, 11) is -3.57. The number of aryl methyl sites for hydroxylation is 2. The van der Waals surface area contributed by atoms with Crippen molar-refractivity contribution in [2.75, 3.05) is 26.2 Å². The van der Waals surface area contributed by atoms with E-state index in [1.807, 2.05) is 4.90 Å². The Labute approximate surface area is 172 Å². The molecule has 0 N–H and O–H groups in total. The summed E-state index contributed by atoms with van der Waals surface area (Å²) in [6.45, 7) is 5.42. The number of sulfonamides is 1. The van der Waals surface area contributed by atoms with Crippen molar-refractivity contribution in [1.29, 1.82) is 0 Å². The second-order valence-electron chi connectivity index (χ2n) is 6.97. The predicted octanol–water partition coefficient (Wildman–Crippen LogP) is 1.62. The zero-order valence-electron chi connectivity index (χ0n) is 16.0. The van der Waals surface area contributed by atoms with Crippen LogP contribution in [-0.2, 0) is 16.7 Å². The van der Waals surface area contributed by atoms with Gasteiger partial charge < -0.3 is 4.52 Å². The van der Waals surface area contributed by atoms with Gasteiger partial charge in [0, 0.05) is 31.2 Å². The first-order valence-corrected chi connectivity index (χ1v) is 10.9. The van der Waals surface area contributed by atoms with Crippen LogP contribution in [0, 0.1) is 13.8 Å². The lowest BCUT2D eigenvalue weighted by Gasteiger charge is -2.33. The average Bonchev–Trinajstić information content (AvgIpc) is 3.09. The van der Waals surface area contributed by atoms with Gasteiger partial charge in [0.1, 0.15) is 5.76 Å². The van der Waals surface area contributed by atoms with Crippen LogP contribution >= 0.6 is 11.6 Å². The summed E-state index contributed by atoms with van der Waals surface area (Å²) in [5.74, 6) is 0.565. The average molecular weight is 438 g/mol. The molecule has 0 spiro atoms. The number of aromatic nitrogens is 3. The Balaban J connectivity index is 1.48. The first-order valence-electron chi connectivity index (χ1n) is 9.09. The summed E-state index contributed by atoms with van der Waals surface area (Å²) in [6, 6.07) is 6.14. The zero-order valence-corrected chi connectivity index (χ0v) is 17.6. The van der Waals surface area contributed by atoms with Gasteiger partial charge in [0.05, 0.1) is 22.6 Å². The number of piperazine rings is 1. The van der Waals surface area contributed by atoms with Crippen LogP contribution in [-0.4, -0.2) is 58.7 Å². The van der Waals surface area contributed by atoms with Crippen LogP contribution in [0.2, 0.25) is 5.02 Å². The molecule has 0 saturated carbocycles. The van der Waals surface area contributed by atoms with Crippen LogP contribution in [0.1, 0.15) is 11.5 Å². The van der Waals surface area contributed by atoms with E-state index in [1.165, 1.54) is 21.1 Å². The second kappa shape index (κ2) is 7.52. The van der Waals surface area contributed by atoms with Gasteiger partial charge in [-0.1, -0.05) is 16.8 Å². The molecule has 29 heavy (non-hydrogen) atoms. The number of benzene rings is 1. The largest absolute Gasteiger partial charge is 0.360 e. The fourth-order valence-electron chi connectivity index (χ4n) is 3.50. The quantitative estimate of drug-likeness (QED) is 0.611. The van der Waals surface area contributed by atoms with Gasteiger partial charge >= 0.3 is 0 Å². The van der Waals surface area contributed by atoms with Crippen molar-refractivity contribution in [1.82, 2.24) is 24.1 Å². The van der Waals surface area contributed by atoms with Crippen LogP contribution in [0.4, 0.5) is 0 Å². The van der Waals surface area contributed by atoms with E-state index >= 15 is 0 Å². The van der Waals surface area contributed by atoms with E-state index in [4.69, 9.17) is 16.1 Å². The lowest BCUT2D eigenvalue weighted by atomic mass is 10.2. The number of hydrogen-bond acceptors (Lipinski definition) is 7. The van der Waals surface area contributed by atoms with Crippen LogP contribution in [0.15, 0.2) is 38.5 Å². The van der Waals surface area contributed by atoms with E-state index in [0.717, 1.165) is 0 Å². The maximum atomic E-state index is 12.8. The van der Waals surface area contributed by atoms with Crippen LogP contribution in [0.25, 0.3) is 10.9 Å². The summed E-state index contributed by atoms with van der Waals surface area (Å²) >= 11 is 5.85. The summed E-state index contributed by atoms with van der Waals surface area (Å²) in [6.07, 6.45) is 0. The lowest BCUT2D eigenvalue weighted by Crippen LogP contribution is -2.49. The third kappa shape index (κ3) is 3.68. The first kappa shape index (κ1) is 20.0. The molecule has 1 aromatic carbocycles. The molecule has 154 valence electrons. The Hall–Kier alpha value is -2.27. The minimum Gasteiger partial charge on any atom is -0.360 e. The molecule has 1 aliphatic rings. The van der Waals surface area contributed by atoms with Gasteiger partial charge in [-0.3, -0.25) is 9.69 Å². The van der Waals surface area contributed by atoms with Crippen LogP contribution < -0.4 is 5.56 Å². The van der Waals surface area contributed by atoms with E-state index in [1.54, 1.807) is 26.0 Å². The molecule has 0 amide bonds. The third-order valence-electron chi connectivity index (χ3n) is 5.05. The molecule has 0 radical (unpaired) electrons. The Kier molecular flexibility index (Phi) is 5.19. The number of rotatable bonds is 4. The molecule has 0 atom stereocenters. The van der Waals surface area contributed by atoms with Crippen LogP contribution in [0.3, 0.4) is 0 Å². The van der Waals surface area contributed by atoms with Crippen LogP contribution in [0.5, 0.6) is 0 Å². The SMILES string of the molecule is Cc1nn(CN2CCN(S(=O)(=O)c3ccc(Cl)cc3)CC2)c(=O)c2noc(C)c12. The molecule has 2 aromatic heterocycles. The summed E-state index contributed by atoms with van der Waals surface area (Å²) < 4.78 is 33.5. The van der Waals surface area contributed by atoms with Crippen molar-refractivity contribution in [3.05, 3.63) is 51.1 Å². The maximum Gasteiger partial charge on any atom is 0.298 e. The smallest absolute Gasteiger partial charge is 0.298 e. The summed E-state index contributed by atoms with van der Waals surface area (Å²) in [5, 5.41) is 9.35. The highest BCUT2D eigenvalue weighted by Crippen LogP contribution is 2.20.